The Balaban J connectivity index is 1.45. The standard InChI is InChI=1S/C32H37N5O5/c1-21-18-36(29(38)25-10-15-42-28(21)25)13-12-35(20-24-7-6-11-33-22(24)2)19-23-8-9-27-26(17-23)34-30(39)32(3,4)31(40)37(27)14-16-41-5/h6-11,15,17-18H,12-14,16,19-20H2,1-5H3,(H,34,39). The van der Waals surface area contributed by atoms with Crippen LogP contribution >= 0.6 is 0 Å². The number of benzene rings is 1. The number of amides is 2. The van der Waals surface area contributed by atoms with Gasteiger partial charge in [0.15, 0.2) is 0 Å². The van der Waals surface area contributed by atoms with Gasteiger partial charge in [-0.15, -0.1) is 0 Å². The van der Waals surface area contributed by atoms with Crippen molar-refractivity contribution < 1.29 is 18.7 Å². The number of rotatable bonds is 10. The summed E-state index contributed by atoms with van der Waals surface area (Å²) in [7, 11) is 1.59. The molecule has 10 heteroatoms. The van der Waals surface area contributed by atoms with Gasteiger partial charge in [0.1, 0.15) is 11.0 Å². The molecule has 220 valence electrons. The van der Waals surface area contributed by atoms with Crippen molar-refractivity contribution in [3.63, 3.8) is 0 Å². The fraction of sp³-hybridized carbons (Fsp3) is 0.375. The van der Waals surface area contributed by atoms with Crippen molar-refractivity contribution in [3.05, 3.63) is 87.8 Å². The molecule has 0 fully saturated rings. The predicted octanol–water partition coefficient (Wildman–Crippen LogP) is 4.27. The second-order valence-electron chi connectivity index (χ2n) is 11.3. The summed E-state index contributed by atoms with van der Waals surface area (Å²) in [4.78, 5) is 47.9. The number of hydrogen-bond acceptors (Lipinski definition) is 7. The Kier molecular flexibility index (Phi) is 8.29. The Labute approximate surface area is 244 Å². The van der Waals surface area contributed by atoms with Crippen LogP contribution in [0.4, 0.5) is 11.4 Å². The fourth-order valence-corrected chi connectivity index (χ4v) is 5.35. The van der Waals surface area contributed by atoms with E-state index in [1.165, 1.54) is 0 Å². The van der Waals surface area contributed by atoms with Crippen molar-refractivity contribution in [2.75, 3.05) is 37.0 Å². The molecule has 1 aliphatic rings. The van der Waals surface area contributed by atoms with Crippen molar-refractivity contribution >= 4 is 34.2 Å². The van der Waals surface area contributed by atoms with Crippen LogP contribution in [0.2, 0.25) is 0 Å². The summed E-state index contributed by atoms with van der Waals surface area (Å²) in [6.07, 6.45) is 5.16. The SMILES string of the molecule is COCCN1C(=O)C(C)(C)C(=O)Nc2cc(CN(CCn3cc(C)c4occc4c3=O)Cc3cccnc3C)ccc21. The molecule has 4 heterocycles. The number of ether oxygens (including phenoxy) is 1. The van der Waals surface area contributed by atoms with Gasteiger partial charge in [-0.1, -0.05) is 12.1 Å². The monoisotopic (exact) mass is 571 g/mol. The molecular formula is C32H37N5O5. The topological polar surface area (TPSA) is 110 Å². The lowest BCUT2D eigenvalue weighted by Gasteiger charge is -2.28. The van der Waals surface area contributed by atoms with Gasteiger partial charge in [0.25, 0.3) is 5.56 Å². The Morgan fingerprint density at radius 2 is 1.88 bits per heavy atom. The number of furan rings is 1. The number of aromatic nitrogens is 2. The minimum absolute atomic E-state index is 0.0852. The van der Waals surface area contributed by atoms with Crippen molar-refractivity contribution in [3.8, 4) is 0 Å². The molecule has 0 saturated carbocycles. The van der Waals surface area contributed by atoms with Crippen LogP contribution in [0.3, 0.4) is 0 Å². The Morgan fingerprint density at radius 3 is 2.64 bits per heavy atom. The normalized spacial score (nSPS) is 14.8. The maximum absolute atomic E-state index is 13.3. The van der Waals surface area contributed by atoms with Crippen molar-refractivity contribution in [1.82, 2.24) is 14.5 Å². The zero-order valence-electron chi connectivity index (χ0n) is 24.8. The van der Waals surface area contributed by atoms with Gasteiger partial charge in [-0.2, -0.15) is 0 Å². The third-order valence-corrected chi connectivity index (χ3v) is 7.90. The third-order valence-electron chi connectivity index (χ3n) is 7.90. The molecule has 1 aromatic carbocycles. The van der Waals surface area contributed by atoms with E-state index in [9.17, 15) is 14.4 Å². The van der Waals surface area contributed by atoms with E-state index in [-0.39, 0.29) is 17.4 Å². The summed E-state index contributed by atoms with van der Waals surface area (Å²) >= 11 is 0. The van der Waals surface area contributed by atoms with Crippen LogP contribution in [0.5, 0.6) is 0 Å². The second-order valence-corrected chi connectivity index (χ2v) is 11.3. The van der Waals surface area contributed by atoms with Gasteiger partial charge < -0.3 is 23.9 Å². The number of fused-ring (bicyclic) bond motifs is 2. The molecule has 0 atom stereocenters. The molecule has 0 unspecified atom stereocenters. The highest BCUT2D eigenvalue weighted by atomic mass is 16.5. The number of hydrogen-bond donors (Lipinski definition) is 1. The first-order valence-electron chi connectivity index (χ1n) is 14.1. The van der Waals surface area contributed by atoms with Gasteiger partial charge >= 0.3 is 0 Å². The zero-order chi connectivity index (χ0) is 30.0. The molecule has 0 saturated heterocycles. The maximum Gasteiger partial charge on any atom is 0.261 e. The Bertz CT molecular complexity index is 1690. The highest BCUT2D eigenvalue weighted by Gasteiger charge is 2.43. The number of nitrogens with one attached hydrogen (secondary N) is 1. The average molecular weight is 572 g/mol. The van der Waals surface area contributed by atoms with Gasteiger partial charge in [-0.05, 0) is 63.1 Å². The molecule has 10 nitrogen and oxygen atoms in total. The van der Waals surface area contributed by atoms with Gasteiger partial charge in [0.05, 0.1) is 29.6 Å². The second kappa shape index (κ2) is 11.9. The molecular weight excluding hydrogens is 534 g/mol. The maximum atomic E-state index is 13.3. The number of nitrogens with zero attached hydrogens (tertiary/aromatic N) is 4. The van der Waals surface area contributed by atoms with Crippen LogP contribution in [0.25, 0.3) is 11.0 Å². The summed E-state index contributed by atoms with van der Waals surface area (Å²) < 4.78 is 12.5. The van der Waals surface area contributed by atoms with Crippen LogP contribution in [-0.2, 0) is 34.0 Å². The predicted molar refractivity (Wildman–Crippen MR) is 161 cm³/mol. The van der Waals surface area contributed by atoms with Gasteiger partial charge in [-0.25, -0.2) is 0 Å². The summed E-state index contributed by atoms with van der Waals surface area (Å²) in [6.45, 7) is 10.1. The molecule has 1 aliphatic heterocycles. The third kappa shape index (κ3) is 5.73. The van der Waals surface area contributed by atoms with Gasteiger partial charge in [-0.3, -0.25) is 24.3 Å². The van der Waals surface area contributed by atoms with Crippen molar-refractivity contribution in [2.45, 2.75) is 47.3 Å². The zero-order valence-corrected chi connectivity index (χ0v) is 24.8. The largest absolute Gasteiger partial charge is 0.464 e. The number of pyridine rings is 2. The lowest BCUT2D eigenvalue weighted by molar-refractivity contribution is -0.136. The first-order valence-corrected chi connectivity index (χ1v) is 14.1. The molecule has 0 aliphatic carbocycles. The van der Waals surface area contributed by atoms with Crippen LogP contribution in [0.1, 0.15) is 36.2 Å². The Hall–Kier alpha value is -4.28. The van der Waals surface area contributed by atoms with Crippen molar-refractivity contribution in [1.29, 1.82) is 0 Å². The molecule has 5 rings (SSSR count). The van der Waals surface area contributed by atoms with Crippen LogP contribution < -0.4 is 15.8 Å². The summed E-state index contributed by atoms with van der Waals surface area (Å²) in [6, 6.07) is 11.5. The molecule has 0 bridgehead atoms. The van der Waals surface area contributed by atoms with Gasteiger partial charge in [0.2, 0.25) is 11.8 Å². The van der Waals surface area contributed by atoms with Crippen LogP contribution in [0.15, 0.2) is 64.3 Å². The van der Waals surface area contributed by atoms with E-state index < -0.39 is 5.41 Å². The molecule has 0 radical (unpaired) electrons. The van der Waals surface area contributed by atoms with E-state index in [4.69, 9.17) is 9.15 Å². The van der Waals surface area contributed by atoms with Crippen LogP contribution in [-0.4, -0.2) is 53.1 Å². The first kappa shape index (κ1) is 29.2. The lowest BCUT2D eigenvalue weighted by atomic mass is 9.91. The highest BCUT2D eigenvalue weighted by molar-refractivity contribution is 6.19. The molecule has 1 N–H and O–H groups in total. The molecule has 0 spiro atoms. The number of methoxy groups -OCH3 is 1. The van der Waals surface area contributed by atoms with Crippen LogP contribution in [0, 0.1) is 19.3 Å². The first-order chi connectivity index (χ1) is 20.1. The minimum atomic E-state index is -1.22. The fourth-order valence-electron chi connectivity index (χ4n) is 5.35. The number of anilines is 2. The molecule has 42 heavy (non-hydrogen) atoms. The van der Waals surface area contributed by atoms with Crippen molar-refractivity contribution in [2.24, 2.45) is 5.41 Å². The molecule has 2 amide bonds. The summed E-state index contributed by atoms with van der Waals surface area (Å²) in [5.74, 6) is -0.620. The van der Waals surface area contributed by atoms with E-state index in [0.717, 1.165) is 22.4 Å². The Morgan fingerprint density at radius 1 is 1.07 bits per heavy atom. The number of carbonyl (C=O) groups is 2. The van der Waals surface area contributed by atoms with E-state index in [1.54, 1.807) is 49.0 Å². The number of carbonyl (C=O) groups excluding carboxylic acids is 2. The molecule has 3 aromatic heterocycles. The van der Waals surface area contributed by atoms with E-state index in [0.29, 0.717) is 61.7 Å². The summed E-state index contributed by atoms with van der Waals surface area (Å²) in [5.41, 5.74) is 4.44. The van der Waals surface area contributed by atoms with E-state index in [2.05, 4.69) is 21.3 Å². The van der Waals surface area contributed by atoms with Gasteiger partial charge in [0, 0.05) is 63.5 Å². The lowest BCUT2D eigenvalue weighted by Crippen LogP contribution is -2.46. The molecule has 4 aromatic rings. The number of aryl methyl sites for hydroxylation is 2. The smallest absolute Gasteiger partial charge is 0.261 e. The highest BCUT2D eigenvalue weighted by Crippen LogP contribution is 2.36. The van der Waals surface area contributed by atoms with E-state index in [1.807, 2.05) is 44.3 Å². The van der Waals surface area contributed by atoms with E-state index >= 15 is 0 Å². The summed E-state index contributed by atoms with van der Waals surface area (Å²) in [5, 5.41) is 3.55. The minimum Gasteiger partial charge on any atom is -0.464 e. The average Bonchev–Trinajstić information content (AvgIpc) is 3.45. The quantitative estimate of drug-likeness (QED) is 0.283.